The van der Waals surface area contributed by atoms with E-state index < -0.39 is 72.2 Å². The maximum atomic E-state index is 14.6. The van der Waals surface area contributed by atoms with E-state index in [-0.39, 0.29) is 31.8 Å². The summed E-state index contributed by atoms with van der Waals surface area (Å²) in [5.41, 5.74) is 2.45. The van der Waals surface area contributed by atoms with Gasteiger partial charge in [0.25, 0.3) is 0 Å². The van der Waals surface area contributed by atoms with Crippen LogP contribution < -0.4 is 21.3 Å². The Labute approximate surface area is 312 Å². The summed E-state index contributed by atoms with van der Waals surface area (Å²) in [7, 11) is 0. The van der Waals surface area contributed by atoms with Gasteiger partial charge in [-0.25, -0.2) is 0 Å². The molecule has 7 rings (SSSR count). The molecular weight excluding hydrogens is 692 g/mol. The lowest BCUT2D eigenvalue weighted by atomic mass is 10.0. The maximum Gasteiger partial charge on any atom is 0.246 e. The topological polar surface area (TPSA) is 193 Å². The van der Waals surface area contributed by atoms with Crippen LogP contribution in [-0.2, 0) is 46.4 Å². The molecule has 0 bridgehead atoms. The number of rotatable bonds is 4. The van der Waals surface area contributed by atoms with Crippen LogP contribution in [0.15, 0.2) is 60.8 Å². The lowest BCUT2D eigenvalue weighted by Crippen LogP contribution is -2.59. The van der Waals surface area contributed by atoms with Crippen molar-refractivity contribution in [2.45, 2.75) is 81.6 Å². The smallest absolute Gasteiger partial charge is 0.246 e. The molecule has 15 heteroatoms. The van der Waals surface area contributed by atoms with Crippen molar-refractivity contribution in [3.8, 4) is 0 Å². The molecule has 284 valence electrons. The molecule has 0 unspecified atom stereocenters. The van der Waals surface area contributed by atoms with Gasteiger partial charge in [-0.15, -0.1) is 0 Å². The third-order valence-electron chi connectivity index (χ3n) is 11.0. The highest BCUT2D eigenvalue weighted by Crippen LogP contribution is 2.27. The summed E-state index contributed by atoms with van der Waals surface area (Å²) in [6, 6.07) is 12.1. The molecule has 0 spiro atoms. The van der Waals surface area contributed by atoms with Gasteiger partial charge in [-0.3, -0.25) is 33.6 Å². The van der Waals surface area contributed by atoms with E-state index in [1.165, 1.54) is 14.7 Å². The van der Waals surface area contributed by atoms with Crippen molar-refractivity contribution >= 4 is 52.3 Å². The third-order valence-corrected chi connectivity index (χ3v) is 11.0. The van der Waals surface area contributed by atoms with Crippen LogP contribution in [0.5, 0.6) is 0 Å². The van der Waals surface area contributed by atoms with Crippen LogP contribution in [0.4, 0.5) is 0 Å². The second kappa shape index (κ2) is 16.1. The monoisotopic (exact) mass is 738 g/mol. The molecule has 0 saturated carbocycles. The Bertz CT molecular complexity index is 1930. The van der Waals surface area contributed by atoms with E-state index in [0.717, 1.165) is 22.0 Å². The molecule has 4 saturated heterocycles. The summed E-state index contributed by atoms with van der Waals surface area (Å²) in [6.45, 7) is 0.105. The van der Waals surface area contributed by atoms with Gasteiger partial charge in [0, 0.05) is 49.6 Å². The minimum absolute atomic E-state index is 0.126. The highest BCUT2D eigenvalue weighted by atomic mass is 16.2. The number of hydrogen-bond acceptors (Lipinski definition) is 7. The van der Waals surface area contributed by atoms with Crippen LogP contribution in [-0.4, -0.2) is 124 Å². The first kappa shape index (κ1) is 36.6. The molecule has 4 aliphatic rings. The molecule has 5 N–H and O–H groups in total. The first-order chi connectivity index (χ1) is 26.2. The first-order valence-corrected chi connectivity index (χ1v) is 18.8. The van der Waals surface area contributed by atoms with E-state index in [4.69, 9.17) is 0 Å². The van der Waals surface area contributed by atoms with Gasteiger partial charge in [-0.2, -0.15) is 0 Å². The van der Waals surface area contributed by atoms with Crippen molar-refractivity contribution < 1.29 is 33.6 Å². The summed E-state index contributed by atoms with van der Waals surface area (Å²) >= 11 is 0. The molecule has 0 aliphatic carbocycles. The summed E-state index contributed by atoms with van der Waals surface area (Å²) in [6.07, 6.45) is 4.92. The summed E-state index contributed by atoms with van der Waals surface area (Å²) in [5.74, 6) is -3.46. The molecule has 15 nitrogen and oxygen atoms in total. The van der Waals surface area contributed by atoms with Crippen LogP contribution in [0.2, 0.25) is 0 Å². The SMILES string of the molecule is O=C1CNC(=O)[C@H](Cc2ccccc2)NC(=O)[C@@H]2CCCN2C(=O)[C@H](Cc2c[nH]c3ccccc23)NC(=O)[C@@H]2CCCN2C(=O)[C@@H]2CCCN2C(=O)CN1. The van der Waals surface area contributed by atoms with Crippen molar-refractivity contribution in [1.82, 2.24) is 41.0 Å². The molecule has 4 aliphatic heterocycles. The lowest BCUT2D eigenvalue weighted by molar-refractivity contribution is -0.147. The average Bonchev–Trinajstić information content (AvgIpc) is 4.02. The fraction of sp³-hybridized carbons (Fsp3) is 0.462. The Kier molecular flexibility index (Phi) is 10.9. The van der Waals surface area contributed by atoms with E-state index >= 15 is 0 Å². The minimum Gasteiger partial charge on any atom is -0.361 e. The Morgan fingerprint density at radius 1 is 0.574 bits per heavy atom. The van der Waals surface area contributed by atoms with Crippen LogP contribution in [0.3, 0.4) is 0 Å². The number of fused-ring (bicyclic) bond motifs is 4. The standard InChI is InChI=1S/C39H46N8O7/c48-33-22-42-35(50)28(19-24-9-2-1-3-10-24)43-36(51)30-13-6-17-46(30)38(53)29(20-25-21-40-27-12-5-4-11-26(25)27)44-37(52)31-14-7-18-47(31)39(54)32-15-8-16-45(32)34(49)23-41-33/h1-5,9-12,21,28-32,40H,6-8,13-20,22-23H2,(H,41,48)(H,42,50)(H,43,51)(H,44,52)/t28-,29-,30-,31-,32-/m0/s1. The normalized spacial score (nSPS) is 26.4. The van der Waals surface area contributed by atoms with Crippen molar-refractivity contribution in [2.75, 3.05) is 32.7 Å². The predicted octanol–water partition coefficient (Wildman–Crippen LogP) is 0.142. The number of hydrogen-bond donors (Lipinski definition) is 5. The molecule has 2 aromatic carbocycles. The Balaban J connectivity index is 1.21. The maximum absolute atomic E-state index is 14.6. The molecule has 7 amide bonds. The van der Waals surface area contributed by atoms with Gasteiger partial charge in [0.1, 0.15) is 30.2 Å². The van der Waals surface area contributed by atoms with Crippen molar-refractivity contribution in [1.29, 1.82) is 0 Å². The van der Waals surface area contributed by atoms with Gasteiger partial charge >= 0.3 is 0 Å². The number of nitrogens with zero attached hydrogens (tertiary/aromatic N) is 3. The largest absolute Gasteiger partial charge is 0.361 e. The second-order valence-electron chi connectivity index (χ2n) is 14.5. The summed E-state index contributed by atoms with van der Waals surface area (Å²) in [5, 5.41) is 11.8. The van der Waals surface area contributed by atoms with Gasteiger partial charge in [0.15, 0.2) is 0 Å². The average molecular weight is 739 g/mol. The van der Waals surface area contributed by atoms with Gasteiger partial charge in [0.2, 0.25) is 41.4 Å². The Morgan fingerprint density at radius 3 is 1.91 bits per heavy atom. The fourth-order valence-electron chi connectivity index (χ4n) is 8.26. The molecule has 0 radical (unpaired) electrons. The van der Waals surface area contributed by atoms with Crippen LogP contribution in [0.25, 0.3) is 10.9 Å². The number of aromatic nitrogens is 1. The lowest BCUT2D eigenvalue weighted by Gasteiger charge is -2.33. The summed E-state index contributed by atoms with van der Waals surface area (Å²) in [4.78, 5) is 104. The fourth-order valence-corrected chi connectivity index (χ4v) is 8.26. The molecule has 1 aromatic heterocycles. The number of amides is 7. The predicted molar refractivity (Wildman–Crippen MR) is 196 cm³/mol. The number of benzene rings is 2. The molecule has 5 heterocycles. The zero-order valence-electron chi connectivity index (χ0n) is 30.1. The summed E-state index contributed by atoms with van der Waals surface area (Å²) < 4.78 is 0. The van der Waals surface area contributed by atoms with Crippen LogP contribution >= 0.6 is 0 Å². The van der Waals surface area contributed by atoms with Gasteiger partial charge in [0.05, 0.1) is 13.1 Å². The highest BCUT2D eigenvalue weighted by Gasteiger charge is 2.44. The molecule has 54 heavy (non-hydrogen) atoms. The minimum atomic E-state index is -1.08. The number of carbonyl (C=O) groups is 7. The second-order valence-corrected chi connectivity index (χ2v) is 14.5. The van der Waals surface area contributed by atoms with E-state index in [9.17, 15) is 33.6 Å². The van der Waals surface area contributed by atoms with E-state index in [1.54, 1.807) is 6.20 Å². The molecular formula is C39H46N8O7. The van der Waals surface area contributed by atoms with Crippen LogP contribution in [0, 0.1) is 0 Å². The van der Waals surface area contributed by atoms with Crippen LogP contribution in [0.1, 0.15) is 49.7 Å². The van der Waals surface area contributed by atoms with E-state index in [0.29, 0.717) is 51.6 Å². The number of H-pyrrole nitrogens is 1. The van der Waals surface area contributed by atoms with Gasteiger partial charge in [-0.05, 0) is 55.7 Å². The highest BCUT2D eigenvalue weighted by molar-refractivity contribution is 5.98. The first-order valence-electron chi connectivity index (χ1n) is 18.8. The molecule has 5 atom stereocenters. The number of carbonyl (C=O) groups excluding carboxylic acids is 7. The van der Waals surface area contributed by atoms with Gasteiger partial charge < -0.3 is 41.0 Å². The number of para-hydroxylation sites is 1. The molecule has 4 fully saturated rings. The number of aromatic amines is 1. The van der Waals surface area contributed by atoms with E-state index in [1.807, 2.05) is 54.6 Å². The van der Waals surface area contributed by atoms with E-state index in [2.05, 4.69) is 26.3 Å². The number of nitrogens with one attached hydrogen (secondary N) is 5. The third kappa shape index (κ3) is 7.80. The van der Waals surface area contributed by atoms with Gasteiger partial charge in [-0.1, -0.05) is 48.5 Å². The van der Waals surface area contributed by atoms with Crippen molar-refractivity contribution in [3.63, 3.8) is 0 Å². The van der Waals surface area contributed by atoms with Crippen molar-refractivity contribution in [3.05, 3.63) is 71.9 Å². The van der Waals surface area contributed by atoms with Crippen molar-refractivity contribution in [2.24, 2.45) is 0 Å². The Morgan fingerprint density at radius 2 is 1.19 bits per heavy atom. The quantitative estimate of drug-likeness (QED) is 0.251. The zero-order valence-corrected chi connectivity index (χ0v) is 30.1. The Hall–Kier alpha value is -5.73. The zero-order chi connectivity index (χ0) is 37.8. The molecule has 3 aromatic rings.